The minimum Gasteiger partial charge on any atom is -0.481 e. The van der Waals surface area contributed by atoms with E-state index >= 15 is 0 Å². The maximum absolute atomic E-state index is 13.1. The first-order valence-corrected chi connectivity index (χ1v) is 13.8. The maximum Gasteiger partial charge on any atom is 0.311 e. The van der Waals surface area contributed by atoms with Crippen LogP contribution in [0, 0.1) is 34.0 Å². The number of carbonyl (C=O) groups excluding carboxylic acids is 2. The van der Waals surface area contributed by atoms with Gasteiger partial charge in [0.25, 0.3) is 0 Å². The van der Waals surface area contributed by atoms with E-state index in [1.54, 1.807) is 6.08 Å². The summed E-state index contributed by atoms with van der Waals surface area (Å²) in [7, 11) is 0. The Hall–Kier alpha value is -2.63. The number of aliphatic hydroxyl groups is 1. The molecule has 0 aliphatic heterocycles. The number of carbonyl (C=O) groups is 3. The van der Waals surface area contributed by atoms with Crippen molar-refractivity contribution in [2.24, 2.45) is 34.0 Å². The van der Waals surface area contributed by atoms with Crippen LogP contribution in [0.25, 0.3) is 0 Å². The smallest absolute Gasteiger partial charge is 0.311 e. The molecule has 0 heterocycles. The SMILES string of the molecule is CC(C)(C)CC(=O)O[C@@H]1C[C@@]2(C)[C@@H](CC[C@]2(O)C=COC(=O)CCC(=O)O)[C@@H]2CCC3=C=CC=C[C@]3(C)[C@H]21. The molecule has 4 rings (SSSR count). The van der Waals surface area contributed by atoms with Gasteiger partial charge < -0.3 is 19.7 Å². The lowest BCUT2D eigenvalue weighted by Crippen LogP contribution is -2.59. The molecule has 0 aromatic rings. The third kappa shape index (κ3) is 5.28. The monoisotopic (exact) mass is 526 g/mol. The van der Waals surface area contributed by atoms with E-state index in [4.69, 9.17) is 14.6 Å². The first-order valence-electron chi connectivity index (χ1n) is 13.8. The van der Waals surface area contributed by atoms with Crippen molar-refractivity contribution < 1.29 is 34.1 Å². The van der Waals surface area contributed by atoms with Gasteiger partial charge in [-0.1, -0.05) is 46.8 Å². The third-order valence-corrected chi connectivity index (χ3v) is 9.56. The highest BCUT2D eigenvalue weighted by atomic mass is 16.5. The van der Waals surface area contributed by atoms with Crippen LogP contribution in [0.2, 0.25) is 0 Å². The molecule has 0 amide bonds. The quantitative estimate of drug-likeness (QED) is 0.256. The molecule has 0 saturated heterocycles. The highest BCUT2D eigenvalue weighted by molar-refractivity contribution is 5.76. The van der Waals surface area contributed by atoms with Crippen molar-refractivity contribution >= 4 is 17.9 Å². The molecular formula is C31H42O7. The molecule has 4 aliphatic rings. The Balaban J connectivity index is 1.63. The fourth-order valence-corrected chi connectivity index (χ4v) is 7.74. The number of carboxylic acid groups (broad SMARTS) is 1. The zero-order valence-electron chi connectivity index (χ0n) is 23.3. The summed E-state index contributed by atoms with van der Waals surface area (Å²) < 4.78 is 11.4. The molecule has 38 heavy (non-hydrogen) atoms. The molecule has 2 N–H and O–H groups in total. The van der Waals surface area contributed by atoms with Crippen molar-refractivity contribution in [3.05, 3.63) is 41.9 Å². The van der Waals surface area contributed by atoms with E-state index in [9.17, 15) is 19.5 Å². The van der Waals surface area contributed by atoms with Crippen LogP contribution in [0.1, 0.15) is 86.0 Å². The largest absolute Gasteiger partial charge is 0.481 e. The van der Waals surface area contributed by atoms with Gasteiger partial charge in [0.1, 0.15) is 6.10 Å². The predicted octanol–water partition coefficient (Wildman–Crippen LogP) is 5.49. The van der Waals surface area contributed by atoms with Crippen LogP contribution >= 0.6 is 0 Å². The summed E-state index contributed by atoms with van der Waals surface area (Å²) in [5.41, 5.74) is 2.42. The lowest BCUT2D eigenvalue weighted by atomic mass is 9.46. The number of ether oxygens (including phenoxy) is 2. The molecule has 7 nitrogen and oxygen atoms in total. The van der Waals surface area contributed by atoms with E-state index in [0.29, 0.717) is 19.3 Å². The van der Waals surface area contributed by atoms with Crippen molar-refractivity contribution in [3.63, 3.8) is 0 Å². The van der Waals surface area contributed by atoms with Crippen LogP contribution in [0.3, 0.4) is 0 Å². The first-order chi connectivity index (χ1) is 17.7. The number of hydrogen-bond acceptors (Lipinski definition) is 6. The highest BCUT2D eigenvalue weighted by Crippen LogP contribution is 2.67. The van der Waals surface area contributed by atoms with Gasteiger partial charge in [0.15, 0.2) is 0 Å². The van der Waals surface area contributed by atoms with Crippen LogP contribution in [0.5, 0.6) is 0 Å². The summed E-state index contributed by atoms with van der Waals surface area (Å²) in [5, 5.41) is 20.7. The number of hydrogen-bond donors (Lipinski definition) is 2. The average Bonchev–Trinajstić information content (AvgIpc) is 3.06. The molecule has 0 bridgehead atoms. The summed E-state index contributed by atoms with van der Waals surface area (Å²) in [6, 6.07) is 0. The number of aliphatic carboxylic acids is 1. The summed E-state index contributed by atoms with van der Waals surface area (Å²) >= 11 is 0. The Morgan fingerprint density at radius 2 is 1.89 bits per heavy atom. The van der Waals surface area contributed by atoms with Gasteiger partial charge in [-0.25, -0.2) is 0 Å². The number of allylic oxidation sites excluding steroid dienone is 3. The zero-order chi connectivity index (χ0) is 27.9. The molecule has 7 atom stereocenters. The molecule has 0 aromatic heterocycles. The van der Waals surface area contributed by atoms with Crippen LogP contribution < -0.4 is 0 Å². The van der Waals surface area contributed by atoms with Crippen LogP contribution in [0.4, 0.5) is 0 Å². The van der Waals surface area contributed by atoms with Crippen molar-refractivity contribution in [2.45, 2.75) is 97.7 Å². The minimum atomic E-state index is -1.25. The molecule has 4 aliphatic carbocycles. The second-order valence-corrected chi connectivity index (χ2v) is 13.3. The van der Waals surface area contributed by atoms with E-state index in [-0.39, 0.29) is 53.5 Å². The Morgan fingerprint density at radius 1 is 1.16 bits per heavy atom. The Kier molecular flexibility index (Phi) is 7.59. The molecule has 3 saturated carbocycles. The van der Waals surface area contributed by atoms with E-state index in [1.807, 2.05) is 32.9 Å². The van der Waals surface area contributed by atoms with Gasteiger partial charge in [0.2, 0.25) is 0 Å². The Morgan fingerprint density at radius 3 is 2.58 bits per heavy atom. The topological polar surface area (TPSA) is 110 Å². The molecule has 208 valence electrons. The number of carboxylic acids is 1. The minimum absolute atomic E-state index is 0.0888. The Labute approximate surface area is 225 Å². The maximum atomic E-state index is 13.1. The van der Waals surface area contributed by atoms with Crippen LogP contribution in [-0.4, -0.2) is 39.8 Å². The standard InChI is InChI=1S/C31H42O7/c1-28(2,3)19-26(35)38-23-18-30(5)22(21-10-9-20-8-6-7-14-29(20,4)27(21)23)13-15-31(30,36)16-17-37-25(34)12-11-24(32)33/h6-7,14,16-17,21-23,27,36H,9-13,15,18-19H2,1-5H3,(H,32,33)/t21-,22-,23+,27+,29-,30-,31-/m0/s1. The second kappa shape index (κ2) is 10.2. The zero-order valence-corrected chi connectivity index (χ0v) is 23.3. The normalized spacial score (nSPS) is 37.7. The van der Waals surface area contributed by atoms with Crippen molar-refractivity contribution in [2.75, 3.05) is 0 Å². The Bertz CT molecular complexity index is 1100. The molecular weight excluding hydrogens is 484 g/mol. The fourth-order valence-electron chi connectivity index (χ4n) is 7.74. The van der Waals surface area contributed by atoms with E-state index in [0.717, 1.165) is 19.3 Å². The second-order valence-electron chi connectivity index (χ2n) is 13.3. The van der Waals surface area contributed by atoms with Gasteiger partial charge in [-0.3, -0.25) is 14.4 Å². The average molecular weight is 527 g/mol. The summed E-state index contributed by atoms with van der Waals surface area (Å²) in [6.45, 7) is 10.4. The van der Waals surface area contributed by atoms with Gasteiger partial charge in [-0.2, -0.15) is 0 Å². The van der Waals surface area contributed by atoms with Crippen molar-refractivity contribution in [3.8, 4) is 0 Å². The van der Waals surface area contributed by atoms with Gasteiger partial charge in [-0.05, 0) is 67.1 Å². The van der Waals surface area contributed by atoms with E-state index in [1.165, 1.54) is 11.8 Å². The van der Waals surface area contributed by atoms with Gasteiger partial charge in [0.05, 0.1) is 31.1 Å². The summed E-state index contributed by atoms with van der Waals surface area (Å²) in [6.07, 6.45) is 12.1. The molecule has 0 unspecified atom stereocenters. The number of rotatable bonds is 7. The lowest BCUT2D eigenvalue weighted by molar-refractivity contribution is -0.184. The molecule has 0 radical (unpaired) electrons. The first kappa shape index (κ1) is 28.4. The summed E-state index contributed by atoms with van der Waals surface area (Å²) in [5.74, 6) is -1.39. The van der Waals surface area contributed by atoms with E-state index < -0.39 is 23.0 Å². The number of esters is 2. The predicted molar refractivity (Wildman–Crippen MR) is 142 cm³/mol. The van der Waals surface area contributed by atoms with Crippen LogP contribution in [0.15, 0.2) is 41.9 Å². The molecule has 7 heteroatoms. The van der Waals surface area contributed by atoms with E-state index in [2.05, 4.69) is 25.7 Å². The van der Waals surface area contributed by atoms with Crippen molar-refractivity contribution in [1.82, 2.24) is 0 Å². The lowest BCUT2D eigenvalue weighted by Gasteiger charge is -2.59. The summed E-state index contributed by atoms with van der Waals surface area (Å²) in [4.78, 5) is 35.8. The van der Waals surface area contributed by atoms with Gasteiger partial charge >= 0.3 is 17.9 Å². The van der Waals surface area contributed by atoms with Gasteiger partial charge in [0, 0.05) is 16.7 Å². The van der Waals surface area contributed by atoms with Gasteiger partial charge in [-0.15, -0.1) is 5.73 Å². The molecule has 0 aromatic carbocycles. The third-order valence-electron chi connectivity index (χ3n) is 9.56. The highest BCUT2D eigenvalue weighted by Gasteiger charge is 2.66. The fraction of sp³-hybridized carbons (Fsp3) is 0.677. The molecule has 0 spiro atoms. The number of fused-ring (bicyclic) bond motifs is 5. The molecule has 3 fully saturated rings. The van der Waals surface area contributed by atoms with Crippen molar-refractivity contribution in [1.29, 1.82) is 0 Å². The van der Waals surface area contributed by atoms with Crippen LogP contribution in [-0.2, 0) is 23.9 Å².